The predicted molar refractivity (Wildman–Crippen MR) is 149 cm³/mol. The zero-order valence-electron chi connectivity index (χ0n) is 21.4. The molecule has 4 aromatic rings. The van der Waals surface area contributed by atoms with Gasteiger partial charge in [-0.3, -0.25) is 0 Å². The van der Waals surface area contributed by atoms with Gasteiger partial charge in [-0.25, -0.2) is 4.79 Å². The third kappa shape index (κ3) is 4.74. The summed E-state index contributed by atoms with van der Waals surface area (Å²) in [6, 6.07) is 11.9. The molecule has 40 heavy (non-hydrogen) atoms. The second-order valence-corrected chi connectivity index (χ2v) is 11.9. The molecule has 4 fully saturated rings. The van der Waals surface area contributed by atoms with Gasteiger partial charge >= 0.3 is 6.03 Å². The number of halogens is 2. The van der Waals surface area contributed by atoms with Gasteiger partial charge in [-0.1, -0.05) is 46.6 Å². The molecule has 2 heterocycles. The number of primary amides is 1. The Morgan fingerprint density at radius 2 is 1.98 bits per heavy atom. The molecule has 4 N–H and O–H groups in total. The van der Waals surface area contributed by atoms with Gasteiger partial charge in [0.25, 0.3) is 0 Å². The van der Waals surface area contributed by atoms with Gasteiger partial charge in [-0.15, -0.1) is 10.2 Å². The average molecular weight is 580 g/mol. The summed E-state index contributed by atoms with van der Waals surface area (Å²) in [5, 5.41) is 21.4. The summed E-state index contributed by atoms with van der Waals surface area (Å²) in [4.78, 5) is 10.6. The lowest BCUT2D eigenvalue weighted by atomic mass is 10.0. The van der Waals surface area contributed by atoms with E-state index in [0.717, 1.165) is 52.8 Å². The highest BCUT2D eigenvalue weighted by atomic mass is 35.5. The average Bonchev–Trinajstić information content (AvgIpc) is 3.89. The topological polar surface area (TPSA) is 145 Å². The van der Waals surface area contributed by atoms with E-state index in [1.807, 2.05) is 18.2 Å². The Morgan fingerprint density at radius 3 is 2.62 bits per heavy atom. The van der Waals surface area contributed by atoms with E-state index >= 15 is 0 Å². The minimum Gasteiger partial charge on any atom is -0.373 e. The standard InChI is InChI=1S/C20H19Cl2NO2.C8H8N6O/c21-14-2-1-3-15(22)17(14)18-12(19(25-23-18)10-4-5-10)9-24-16-6-11-7-20(11)8-13(16)20;9-8(15)10-6-3-1-2-5(4-6)7-11-13-14-12-7/h1-3,10-11,13,16H,4-9H2;1-4H,(H3,9,10,15)(H,11,12,13,14)/t11?,13?,16?,20-;/m1./s1. The smallest absolute Gasteiger partial charge is 0.316 e. The number of aromatic nitrogens is 5. The lowest BCUT2D eigenvalue weighted by Gasteiger charge is -2.15. The molecular formula is C28H27Cl2N7O3. The van der Waals surface area contributed by atoms with Crippen LogP contribution in [0.2, 0.25) is 10.0 Å². The zero-order chi connectivity index (χ0) is 27.4. The number of nitrogens with two attached hydrogens (primary N) is 1. The number of aromatic amines is 1. The summed E-state index contributed by atoms with van der Waals surface area (Å²) >= 11 is 12.8. The van der Waals surface area contributed by atoms with Crippen molar-refractivity contribution < 1.29 is 14.1 Å². The van der Waals surface area contributed by atoms with Crippen LogP contribution in [0, 0.1) is 17.3 Å². The molecule has 0 saturated heterocycles. The van der Waals surface area contributed by atoms with Gasteiger partial charge in [0.15, 0.2) is 0 Å². The summed E-state index contributed by atoms with van der Waals surface area (Å²) in [5.41, 5.74) is 9.59. The van der Waals surface area contributed by atoms with Gasteiger partial charge in [0.1, 0.15) is 11.5 Å². The second kappa shape index (κ2) is 9.87. The molecule has 3 unspecified atom stereocenters. The molecule has 8 rings (SSSR count). The minimum atomic E-state index is -0.611. The number of hydrogen-bond donors (Lipinski definition) is 3. The Morgan fingerprint density at radius 1 is 1.18 bits per heavy atom. The summed E-state index contributed by atoms with van der Waals surface area (Å²) in [7, 11) is 0. The number of benzene rings is 2. The van der Waals surface area contributed by atoms with Gasteiger partial charge in [0.2, 0.25) is 5.82 Å². The van der Waals surface area contributed by atoms with Crippen molar-refractivity contribution in [1.82, 2.24) is 25.8 Å². The largest absolute Gasteiger partial charge is 0.373 e. The number of carbonyl (C=O) groups excluding carboxylic acids is 1. The van der Waals surface area contributed by atoms with Crippen molar-refractivity contribution in [3.63, 3.8) is 0 Å². The quantitative estimate of drug-likeness (QED) is 0.236. The lowest BCUT2D eigenvalue weighted by Crippen LogP contribution is -2.19. The summed E-state index contributed by atoms with van der Waals surface area (Å²) in [6.07, 6.45) is 6.79. The maximum atomic E-state index is 10.6. The molecule has 1 spiro atoms. The number of nitrogens with zero attached hydrogens (tertiary/aromatic N) is 4. The molecule has 2 amide bonds. The van der Waals surface area contributed by atoms with Crippen LogP contribution < -0.4 is 11.1 Å². The molecule has 2 aromatic heterocycles. The van der Waals surface area contributed by atoms with Gasteiger partial charge in [-0.05, 0) is 78.8 Å². The van der Waals surface area contributed by atoms with Crippen molar-refractivity contribution in [3.8, 4) is 22.6 Å². The van der Waals surface area contributed by atoms with Crippen LogP contribution in [0.1, 0.15) is 49.3 Å². The molecule has 4 atom stereocenters. The predicted octanol–water partition coefficient (Wildman–Crippen LogP) is 6.20. The molecule has 206 valence electrons. The molecule has 12 heteroatoms. The second-order valence-electron chi connectivity index (χ2n) is 11.1. The number of nitrogens with one attached hydrogen (secondary N) is 2. The molecular weight excluding hydrogens is 553 g/mol. The number of ether oxygens (including phenoxy) is 1. The molecule has 4 aliphatic rings. The first-order valence-electron chi connectivity index (χ1n) is 13.4. The Kier molecular flexibility index (Phi) is 6.29. The van der Waals surface area contributed by atoms with Gasteiger partial charge in [0.05, 0.1) is 22.8 Å². The van der Waals surface area contributed by atoms with E-state index in [1.54, 1.807) is 24.3 Å². The van der Waals surface area contributed by atoms with E-state index in [9.17, 15) is 4.79 Å². The Labute approximate surface area is 239 Å². The normalized spacial score (nSPS) is 25.4. The van der Waals surface area contributed by atoms with Crippen molar-refractivity contribution in [2.24, 2.45) is 23.0 Å². The Bertz CT molecular complexity index is 1550. The monoisotopic (exact) mass is 579 g/mol. The number of rotatable bonds is 7. The molecule has 4 saturated carbocycles. The fraction of sp³-hybridized carbons (Fsp3) is 0.393. The SMILES string of the molecule is Clc1cccc(Cl)c1-c1noc(C2CC2)c1COC1CC2C[C@@]23CC13.NC(=O)Nc1cccc(-c2nn[nH]n2)c1. The van der Waals surface area contributed by atoms with E-state index in [0.29, 0.717) is 45.6 Å². The van der Waals surface area contributed by atoms with E-state index < -0.39 is 6.03 Å². The highest BCUT2D eigenvalue weighted by Gasteiger charge is 2.77. The van der Waals surface area contributed by atoms with E-state index in [4.69, 9.17) is 38.2 Å². The highest BCUT2D eigenvalue weighted by molar-refractivity contribution is 6.39. The van der Waals surface area contributed by atoms with Crippen molar-refractivity contribution in [2.45, 2.75) is 50.7 Å². The van der Waals surface area contributed by atoms with Gasteiger partial charge < -0.3 is 20.3 Å². The van der Waals surface area contributed by atoms with Crippen LogP contribution in [0.25, 0.3) is 22.6 Å². The number of anilines is 1. The first kappa shape index (κ1) is 25.5. The van der Waals surface area contributed by atoms with E-state index in [1.165, 1.54) is 19.3 Å². The maximum absolute atomic E-state index is 10.6. The maximum Gasteiger partial charge on any atom is 0.316 e. The fourth-order valence-electron chi connectivity index (χ4n) is 6.30. The van der Waals surface area contributed by atoms with Crippen molar-refractivity contribution in [3.05, 3.63) is 63.8 Å². The van der Waals surface area contributed by atoms with Gasteiger partial charge in [0, 0.05) is 28.3 Å². The van der Waals surface area contributed by atoms with Crippen LogP contribution in [-0.4, -0.2) is 37.9 Å². The molecule has 10 nitrogen and oxygen atoms in total. The molecule has 0 bridgehead atoms. The van der Waals surface area contributed by atoms with E-state index in [2.05, 4.69) is 31.1 Å². The van der Waals surface area contributed by atoms with Crippen LogP contribution in [-0.2, 0) is 11.3 Å². The first-order valence-corrected chi connectivity index (χ1v) is 14.1. The first-order chi connectivity index (χ1) is 19.4. The number of urea groups is 1. The molecule has 0 aliphatic heterocycles. The number of carbonyl (C=O) groups is 1. The van der Waals surface area contributed by atoms with Crippen LogP contribution in [0.4, 0.5) is 10.5 Å². The Hall–Kier alpha value is -3.47. The van der Waals surface area contributed by atoms with Crippen LogP contribution in [0.15, 0.2) is 47.0 Å². The minimum absolute atomic E-state index is 0.412. The third-order valence-corrected chi connectivity index (χ3v) is 9.19. The van der Waals surface area contributed by atoms with E-state index in [-0.39, 0.29) is 0 Å². The number of amides is 2. The number of tetrazole rings is 1. The lowest BCUT2D eigenvalue weighted by molar-refractivity contribution is 0.0242. The summed E-state index contributed by atoms with van der Waals surface area (Å²) in [5.74, 6) is 3.65. The Balaban J connectivity index is 0.000000152. The van der Waals surface area contributed by atoms with Crippen molar-refractivity contribution in [2.75, 3.05) is 5.32 Å². The zero-order valence-corrected chi connectivity index (χ0v) is 23.0. The number of hydrogen-bond acceptors (Lipinski definition) is 7. The highest BCUT2D eigenvalue weighted by Crippen LogP contribution is 2.82. The molecule has 0 radical (unpaired) electrons. The van der Waals surface area contributed by atoms with Crippen LogP contribution >= 0.6 is 23.2 Å². The molecule has 2 aromatic carbocycles. The van der Waals surface area contributed by atoms with Crippen molar-refractivity contribution in [1.29, 1.82) is 0 Å². The molecule has 4 aliphatic carbocycles. The fourth-order valence-corrected chi connectivity index (χ4v) is 6.88. The summed E-state index contributed by atoms with van der Waals surface area (Å²) < 4.78 is 12.1. The van der Waals surface area contributed by atoms with Gasteiger partial charge in [-0.2, -0.15) is 5.21 Å². The van der Waals surface area contributed by atoms with Crippen LogP contribution in [0.5, 0.6) is 0 Å². The number of H-pyrrole nitrogens is 1. The third-order valence-electron chi connectivity index (χ3n) is 8.56. The summed E-state index contributed by atoms with van der Waals surface area (Å²) in [6.45, 7) is 0.552. The van der Waals surface area contributed by atoms with Crippen molar-refractivity contribution >= 4 is 34.9 Å². The van der Waals surface area contributed by atoms with Crippen LogP contribution in [0.3, 0.4) is 0 Å².